The lowest BCUT2D eigenvalue weighted by atomic mass is 10.2. The Morgan fingerprint density at radius 2 is 1.81 bits per heavy atom. The summed E-state index contributed by atoms with van der Waals surface area (Å²) in [6, 6.07) is -1.60. The van der Waals surface area contributed by atoms with Gasteiger partial charge < -0.3 is 24.9 Å². The van der Waals surface area contributed by atoms with Crippen LogP contribution in [0.5, 0.6) is 0 Å². The van der Waals surface area contributed by atoms with Crippen LogP contribution < -0.4 is 0 Å². The number of β-amino-alcohol motifs (C(OH)–C–C–N with tert-alkyl or cyclic N) is 1. The van der Waals surface area contributed by atoms with Gasteiger partial charge in [0, 0.05) is 33.1 Å². The molecular formula is C13H23N3O5. The second-order valence-electron chi connectivity index (χ2n) is 5.10. The van der Waals surface area contributed by atoms with Gasteiger partial charge >= 0.3 is 12.0 Å². The lowest BCUT2D eigenvalue weighted by molar-refractivity contribution is -0.141. The maximum Gasteiger partial charge on any atom is 0.326 e. The normalized spacial score (nSPS) is 21.2. The van der Waals surface area contributed by atoms with E-state index < -0.39 is 24.1 Å². The molecule has 0 aromatic rings. The summed E-state index contributed by atoms with van der Waals surface area (Å²) in [6.07, 6.45) is -0.833. The highest BCUT2D eigenvalue weighted by atomic mass is 16.4. The molecule has 0 aromatic heterocycles. The van der Waals surface area contributed by atoms with Crippen molar-refractivity contribution in [1.82, 2.24) is 14.7 Å². The first kappa shape index (κ1) is 17.2. The van der Waals surface area contributed by atoms with Gasteiger partial charge in [0.1, 0.15) is 12.6 Å². The smallest absolute Gasteiger partial charge is 0.326 e. The summed E-state index contributed by atoms with van der Waals surface area (Å²) in [7, 11) is 1.45. The van der Waals surface area contributed by atoms with E-state index in [4.69, 9.17) is 5.11 Å². The van der Waals surface area contributed by atoms with Crippen LogP contribution in [0.15, 0.2) is 0 Å². The number of likely N-dealkylation sites (N-methyl/N-ethyl adjacent to an activating group) is 2. The van der Waals surface area contributed by atoms with Crippen LogP contribution in [-0.4, -0.2) is 88.2 Å². The molecule has 0 aliphatic carbocycles. The number of likely N-dealkylation sites (tertiary alicyclic amines) is 1. The van der Waals surface area contributed by atoms with Crippen molar-refractivity contribution >= 4 is 17.9 Å². The zero-order valence-electron chi connectivity index (χ0n) is 12.7. The molecule has 0 saturated carbocycles. The third-order valence-electron chi connectivity index (χ3n) is 3.62. The van der Waals surface area contributed by atoms with E-state index in [-0.39, 0.29) is 25.4 Å². The van der Waals surface area contributed by atoms with Gasteiger partial charge in [-0.15, -0.1) is 0 Å². The SMILES string of the molecule is CCN(CC)C(=O)CN(C)C(=O)N1CC(O)CC1C(=O)O. The molecule has 21 heavy (non-hydrogen) atoms. The highest BCUT2D eigenvalue weighted by Gasteiger charge is 2.40. The van der Waals surface area contributed by atoms with Crippen molar-refractivity contribution in [3.05, 3.63) is 0 Å². The van der Waals surface area contributed by atoms with Gasteiger partial charge in [0.15, 0.2) is 0 Å². The maximum atomic E-state index is 12.2. The minimum absolute atomic E-state index is 0.0128. The van der Waals surface area contributed by atoms with E-state index in [1.807, 2.05) is 13.8 Å². The number of amides is 3. The molecule has 1 heterocycles. The Kier molecular flexibility index (Phi) is 5.95. The zero-order valence-corrected chi connectivity index (χ0v) is 12.7. The number of carbonyl (C=O) groups excluding carboxylic acids is 2. The Morgan fingerprint density at radius 3 is 2.29 bits per heavy atom. The fraction of sp³-hybridized carbons (Fsp3) is 0.769. The number of aliphatic hydroxyl groups is 1. The third-order valence-corrected chi connectivity index (χ3v) is 3.62. The molecule has 1 fully saturated rings. The van der Waals surface area contributed by atoms with E-state index in [1.54, 1.807) is 4.90 Å². The van der Waals surface area contributed by atoms with Crippen molar-refractivity contribution in [1.29, 1.82) is 0 Å². The van der Waals surface area contributed by atoms with Crippen LogP contribution in [0.4, 0.5) is 4.79 Å². The Morgan fingerprint density at radius 1 is 1.24 bits per heavy atom. The number of carboxylic acids is 1. The van der Waals surface area contributed by atoms with E-state index in [2.05, 4.69) is 0 Å². The number of urea groups is 1. The van der Waals surface area contributed by atoms with Gasteiger partial charge in [-0.2, -0.15) is 0 Å². The molecule has 1 rings (SSSR count). The molecule has 2 N–H and O–H groups in total. The van der Waals surface area contributed by atoms with Gasteiger partial charge in [0.05, 0.1) is 6.10 Å². The summed E-state index contributed by atoms with van der Waals surface area (Å²) in [6.45, 7) is 4.66. The fourth-order valence-corrected chi connectivity index (χ4v) is 2.43. The Hall–Kier alpha value is -1.83. The minimum atomic E-state index is -1.15. The molecule has 2 unspecified atom stereocenters. The molecule has 8 heteroatoms. The molecule has 8 nitrogen and oxygen atoms in total. The number of carboxylic acid groups (broad SMARTS) is 1. The molecule has 120 valence electrons. The molecule has 3 amide bonds. The van der Waals surface area contributed by atoms with E-state index >= 15 is 0 Å². The molecule has 2 atom stereocenters. The molecular weight excluding hydrogens is 278 g/mol. The maximum absolute atomic E-state index is 12.2. The van der Waals surface area contributed by atoms with Gasteiger partial charge in [0.25, 0.3) is 0 Å². The van der Waals surface area contributed by atoms with E-state index in [0.717, 1.165) is 4.90 Å². The van der Waals surface area contributed by atoms with Crippen molar-refractivity contribution in [3.8, 4) is 0 Å². The predicted molar refractivity (Wildman–Crippen MR) is 74.7 cm³/mol. The van der Waals surface area contributed by atoms with Gasteiger partial charge in [-0.25, -0.2) is 9.59 Å². The number of aliphatic hydroxyl groups excluding tert-OH is 1. The summed E-state index contributed by atoms with van der Waals surface area (Å²) in [5.41, 5.74) is 0. The van der Waals surface area contributed by atoms with Crippen LogP contribution in [-0.2, 0) is 9.59 Å². The quantitative estimate of drug-likeness (QED) is 0.708. The summed E-state index contributed by atoms with van der Waals surface area (Å²) >= 11 is 0. The lowest BCUT2D eigenvalue weighted by Gasteiger charge is -2.28. The molecule has 0 radical (unpaired) electrons. The molecule has 1 aliphatic heterocycles. The zero-order chi connectivity index (χ0) is 16.2. The van der Waals surface area contributed by atoms with Crippen molar-refractivity contribution in [2.45, 2.75) is 32.4 Å². The highest BCUT2D eigenvalue weighted by Crippen LogP contribution is 2.19. The Balaban J connectivity index is 2.69. The number of carbonyl (C=O) groups is 3. The molecule has 0 bridgehead atoms. The third kappa shape index (κ3) is 4.07. The van der Waals surface area contributed by atoms with Crippen LogP contribution in [0.3, 0.4) is 0 Å². The Bertz CT molecular complexity index is 411. The lowest BCUT2D eigenvalue weighted by Crippen LogP contribution is -2.49. The summed E-state index contributed by atoms with van der Waals surface area (Å²) in [4.78, 5) is 39.2. The van der Waals surface area contributed by atoms with Crippen molar-refractivity contribution in [2.24, 2.45) is 0 Å². The summed E-state index contributed by atoms with van der Waals surface area (Å²) < 4.78 is 0. The fourth-order valence-electron chi connectivity index (χ4n) is 2.43. The molecule has 1 aliphatic rings. The van der Waals surface area contributed by atoms with Crippen LogP contribution in [0.2, 0.25) is 0 Å². The number of hydrogen-bond acceptors (Lipinski definition) is 4. The topological polar surface area (TPSA) is 101 Å². The minimum Gasteiger partial charge on any atom is -0.480 e. The average molecular weight is 301 g/mol. The van der Waals surface area contributed by atoms with Gasteiger partial charge in [0.2, 0.25) is 5.91 Å². The van der Waals surface area contributed by atoms with Crippen LogP contribution in [0.1, 0.15) is 20.3 Å². The van der Waals surface area contributed by atoms with Crippen molar-refractivity contribution < 1.29 is 24.6 Å². The predicted octanol–water partition coefficient (Wildman–Crippen LogP) is -0.574. The van der Waals surface area contributed by atoms with Gasteiger partial charge in [-0.1, -0.05) is 0 Å². The monoisotopic (exact) mass is 301 g/mol. The second-order valence-corrected chi connectivity index (χ2v) is 5.10. The summed E-state index contributed by atoms with van der Waals surface area (Å²) in [5.74, 6) is -1.34. The van der Waals surface area contributed by atoms with Crippen molar-refractivity contribution in [2.75, 3.05) is 33.2 Å². The first-order valence-corrected chi connectivity index (χ1v) is 7.02. The van der Waals surface area contributed by atoms with Gasteiger partial charge in [-0.05, 0) is 13.8 Å². The molecule has 0 spiro atoms. The van der Waals surface area contributed by atoms with Crippen LogP contribution in [0.25, 0.3) is 0 Å². The number of hydrogen-bond donors (Lipinski definition) is 2. The first-order valence-electron chi connectivity index (χ1n) is 7.02. The van der Waals surface area contributed by atoms with Crippen molar-refractivity contribution in [3.63, 3.8) is 0 Å². The van der Waals surface area contributed by atoms with E-state index in [1.165, 1.54) is 11.9 Å². The average Bonchev–Trinajstić information content (AvgIpc) is 2.81. The van der Waals surface area contributed by atoms with Gasteiger partial charge in [-0.3, -0.25) is 4.79 Å². The van der Waals surface area contributed by atoms with E-state index in [0.29, 0.717) is 13.1 Å². The van der Waals surface area contributed by atoms with Crippen LogP contribution >= 0.6 is 0 Å². The number of aliphatic carboxylic acids is 1. The highest BCUT2D eigenvalue weighted by molar-refractivity contribution is 5.87. The number of rotatable bonds is 5. The van der Waals surface area contributed by atoms with Crippen LogP contribution in [0, 0.1) is 0 Å². The first-order chi connectivity index (χ1) is 9.81. The van der Waals surface area contributed by atoms with E-state index in [9.17, 15) is 19.5 Å². The molecule has 1 saturated heterocycles. The molecule has 0 aromatic carbocycles. The summed E-state index contributed by atoms with van der Waals surface area (Å²) in [5, 5.41) is 18.6. The number of nitrogens with zero attached hydrogens (tertiary/aromatic N) is 3. The standard InChI is InChI=1S/C13H23N3O5/c1-4-15(5-2)11(18)8-14(3)13(21)16-7-9(17)6-10(16)12(19)20/h9-10,17H,4-8H2,1-3H3,(H,19,20). The second kappa shape index (κ2) is 7.26. The Labute approximate surface area is 123 Å². The largest absolute Gasteiger partial charge is 0.480 e.